The molecule has 0 aliphatic rings. The molecule has 0 spiro atoms. The maximum absolute atomic E-state index is 5.63. The number of hydrogen-bond acceptors (Lipinski definition) is 5. The molecule has 1 atom stereocenters. The molecule has 0 bridgehead atoms. The zero-order valence-corrected chi connectivity index (χ0v) is 10.5. The van der Waals surface area contributed by atoms with E-state index in [9.17, 15) is 0 Å². The lowest BCUT2D eigenvalue weighted by Gasteiger charge is -2.16. The highest BCUT2D eigenvalue weighted by Crippen LogP contribution is 2.15. The van der Waals surface area contributed by atoms with Gasteiger partial charge in [0.2, 0.25) is 0 Å². The topological polar surface area (TPSA) is 81.7 Å². The molecule has 3 N–H and O–H groups in total. The van der Waals surface area contributed by atoms with Crippen LogP contribution in [0.25, 0.3) is 0 Å². The molecular weight excluding hydrogens is 228 g/mol. The van der Waals surface area contributed by atoms with Crippen LogP contribution in [0.1, 0.15) is 30.8 Å². The Kier molecular flexibility index (Phi) is 4.38. The molecule has 1 unspecified atom stereocenters. The normalized spacial score (nSPS) is 12.6. The first-order valence-corrected chi connectivity index (χ1v) is 6.09. The lowest BCUT2D eigenvalue weighted by Crippen LogP contribution is -2.31. The Balaban J connectivity index is 2.15. The van der Waals surface area contributed by atoms with Gasteiger partial charge in [0.1, 0.15) is 0 Å². The van der Waals surface area contributed by atoms with Crippen LogP contribution in [0, 0.1) is 0 Å². The summed E-state index contributed by atoms with van der Waals surface area (Å²) < 4.78 is 1.88. The van der Waals surface area contributed by atoms with Gasteiger partial charge in [-0.1, -0.05) is 18.2 Å². The van der Waals surface area contributed by atoms with Gasteiger partial charge in [0, 0.05) is 24.9 Å². The number of hydrogen-bond donors (Lipinski definition) is 2. The summed E-state index contributed by atoms with van der Waals surface area (Å²) in [4.78, 5) is 4.31. The molecule has 6 nitrogen and oxygen atoms in total. The van der Waals surface area contributed by atoms with Gasteiger partial charge in [-0.15, -0.1) is 5.10 Å². The van der Waals surface area contributed by atoms with Crippen molar-refractivity contribution in [1.82, 2.24) is 25.4 Å². The molecule has 2 aromatic rings. The fraction of sp³-hybridized carbons (Fsp3) is 0.417. The second-order valence-corrected chi connectivity index (χ2v) is 4.13. The monoisotopic (exact) mass is 246 g/mol. The molecule has 96 valence electrons. The molecular formula is C12H18N6. The van der Waals surface area contributed by atoms with Gasteiger partial charge in [0.15, 0.2) is 0 Å². The van der Waals surface area contributed by atoms with Crippen LogP contribution in [0.4, 0.5) is 0 Å². The first kappa shape index (κ1) is 12.7. The van der Waals surface area contributed by atoms with Crippen LogP contribution in [0.3, 0.4) is 0 Å². The maximum atomic E-state index is 5.63. The minimum atomic E-state index is -0.0264. The summed E-state index contributed by atoms with van der Waals surface area (Å²) in [6, 6.07) is 5.83. The molecule has 0 aliphatic heterocycles. The molecule has 2 rings (SSSR count). The number of aromatic nitrogens is 4. The van der Waals surface area contributed by atoms with Gasteiger partial charge >= 0.3 is 0 Å². The Morgan fingerprint density at radius 2 is 2.33 bits per heavy atom. The van der Waals surface area contributed by atoms with Gasteiger partial charge in [-0.2, -0.15) is 0 Å². The molecule has 2 heterocycles. The number of pyridine rings is 1. The van der Waals surface area contributed by atoms with Gasteiger partial charge < -0.3 is 0 Å². The van der Waals surface area contributed by atoms with E-state index in [-0.39, 0.29) is 6.04 Å². The van der Waals surface area contributed by atoms with E-state index in [1.807, 2.05) is 22.9 Å². The predicted molar refractivity (Wildman–Crippen MR) is 68.3 cm³/mol. The number of rotatable bonds is 6. The summed E-state index contributed by atoms with van der Waals surface area (Å²) in [6.07, 6.45) is 5.26. The smallest absolute Gasteiger partial charge is 0.0774 e. The highest BCUT2D eigenvalue weighted by atomic mass is 15.4. The van der Waals surface area contributed by atoms with Crippen LogP contribution in [0.15, 0.2) is 30.6 Å². The minimum absolute atomic E-state index is 0.0264. The van der Waals surface area contributed by atoms with E-state index in [4.69, 9.17) is 5.84 Å². The van der Waals surface area contributed by atoms with E-state index >= 15 is 0 Å². The molecule has 0 radical (unpaired) electrons. The second-order valence-electron chi connectivity index (χ2n) is 4.13. The lowest BCUT2D eigenvalue weighted by molar-refractivity contribution is 0.471. The van der Waals surface area contributed by atoms with Gasteiger partial charge in [-0.3, -0.25) is 16.3 Å². The Morgan fingerprint density at radius 3 is 3.00 bits per heavy atom. The third-order valence-electron chi connectivity index (χ3n) is 2.78. The molecule has 0 saturated carbocycles. The summed E-state index contributed by atoms with van der Waals surface area (Å²) in [7, 11) is 0. The Hall–Kier alpha value is -1.79. The average molecular weight is 246 g/mol. The van der Waals surface area contributed by atoms with Gasteiger partial charge in [-0.05, 0) is 18.6 Å². The number of nitrogens with two attached hydrogens (primary N) is 1. The minimum Gasteiger partial charge on any atom is -0.271 e. The zero-order valence-electron chi connectivity index (χ0n) is 10.5. The number of aryl methyl sites for hydroxylation is 1. The highest BCUT2D eigenvalue weighted by Gasteiger charge is 2.16. The van der Waals surface area contributed by atoms with Crippen molar-refractivity contribution in [1.29, 1.82) is 0 Å². The van der Waals surface area contributed by atoms with Crippen LogP contribution in [0.5, 0.6) is 0 Å². The molecule has 0 aliphatic carbocycles. The van der Waals surface area contributed by atoms with E-state index in [0.29, 0.717) is 6.42 Å². The summed E-state index contributed by atoms with van der Waals surface area (Å²) in [6.45, 7) is 2.95. The predicted octanol–water partition coefficient (Wildman–Crippen LogP) is 0.830. The quantitative estimate of drug-likeness (QED) is 0.583. The molecule has 6 heteroatoms. The summed E-state index contributed by atoms with van der Waals surface area (Å²) in [5, 5.41) is 8.02. The maximum Gasteiger partial charge on any atom is 0.0774 e. The third kappa shape index (κ3) is 2.91. The van der Waals surface area contributed by atoms with Gasteiger partial charge in [-0.25, -0.2) is 4.68 Å². The fourth-order valence-electron chi connectivity index (χ4n) is 1.90. The molecule has 0 aromatic carbocycles. The summed E-state index contributed by atoms with van der Waals surface area (Å²) in [5.41, 5.74) is 4.79. The largest absolute Gasteiger partial charge is 0.271 e. The average Bonchev–Trinajstić information content (AvgIpc) is 2.86. The lowest BCUT2D eigenvalue weighted by atomic mass is 10.1. The number of hydrazine groups is 1. The van der Waals surface area contributed by atoms with Crippen LogP contribution in [-0.4, -0.2) is 20.0 Å². The molecule has 0 fully saturated rings. The Labute approximate surface area is 106 Å². The third-order valence-corrected chi connectivity index (χ3v) is 2.78. The van der Waals surface area contributed by atoms with Crippen molar-refractivity contribution in [3.63, 3.8) is 0 Å². The standard InChI is InChI=1S/C12H18N6/c1-2-7-18-12(9-15-17-18)11(16-13)8-10-5-3-4-6-14-10/h3-6,9,11,16H,2,7-8,13H2,1H3. The van der Waals surface area contributed by atoms with Crippen LogP contribution in [0.2, 0.25) is 0 Å². The van der Waals surface area contributed by atoms with Crippen molar-refractivity contribution in [3.05, 3.63) is 42.0 Å². The van der Waals surface area contributed by atoms with Crippen LogP contribution in [-0.2, 0) is 13.0 Å². The van der Waals surface area contributed by atoms with Crippen molar-refractivity contribution in [3.8, 4) is 0 Å². The highest BCUT2D eigenvalue weighted by molar-refractivity contribution is 5.10. The van der Waals surface area contributed by atoms with E-state index in [1.165, 1.54) is 0 Å². The summed E-state index contributed by atoms with van der Waals surface area (Å²) in [5.74, 6) is 5.63. The van der Waals surface area contributed by atoms with Crippen molar-refractivity contribution >= 4 is 0 Å². The van der Waals surface area contributed by atoms with Crippen molar-refractivity contribution in [2.45, 2.75) is 32.4 Å². The van der Waals surface area contributed by atoms with Gasteiger partial charge in [0.25, 0.3) is 0 Å². The molecule has 2 aromatic heterocycles. The van der Waals surface area contributed by atoms with E-state index < -0.39 is 0 Å². The molecule has 0 amide bonds. The van der Waals surface area contributed by atoms with E-state index in [2.05, 4.69) is 27.6 Å². The Bertz CT molecular complexity index is 466. The molecule has 0 saturated heterocycles. The van der Waals surface area contributed by atoms with E-state index in [1.54, 1.807) is 12.4 Å². The van der Waals surface area contributed by atoms with Crippen molar-refractivity contribution < 1.29 is 0 Å². The summed E-state index contributed by atoms with van der Waals surface area (Å²) >= 11 is 0. The van der Waals surface area contributed by atoms with E-state index in [0.717, 1.165) is 24.4 Å². The SMILES string of the molecule is CCCn1nncc1C(Cc1ccccn1)NN. The van der Waals surface area contributed by atoms with Crippen molar-refractivity contribution in [2.24, 2.45) is 5.84 Å². The number of nitrogens with zero attached hydrogens (tertiary/aromatic N) is 4. The molecule has 18 heavy (non-hydrogen) atoms. The first-order chi connectivity index (χ1) is 8.85. The van der Waals surface area contributed by atoms with Crippen LogP contribution < -0.4 is 11.3 Å². The van der Waals surface area contributed by atoms with Crippen molar-refractivity contribution in [2.75, 3.05) is 0 Å². The van der Waals surface area contributed by atoms with Gasteiger partial charge in [0.05, 0.1) is 17.9 Å². The zero-order chi connectivity index (χ0) is 12.8. The number of nitrogens with one attached hydrogen (secondary N) is 1. The second kappa shape index (κ2) is 6.23. The first-order valence-electron chi connectivity index (χ1n) is 6.09. The van der Waals surface area contributed by atoms with Crippen LogP contribution >= 0.6 is 0 Å². The Morgan fingerprint density at radius 1 is 1.44 bits per heavy atom. The fourth-order valence-corrected chi connectivity index (χ4v) is 1.90.